The highest BCUT2D eigenvalue weighted by atomic mass is 79.9. The SMILES string of the molecule is CCCNC1CCCCC1c1nc(-c2cc(Br)cs2)no1. The van der Waals surface area contributed by atoms with E-state index in [0.29, 0.717) is 17.8 Å². The van der Waals surface area contributed by atoms with Gasteiger partial charge in [0.15, 0.2) is 0 Å². The lowest BCUT2D eigenvalue weighted by molar-refractivity contribution is 0.263. The van der Waals surface area contributed by atoms with Gasteiger partial charge in [-0.15, -0.1) is 11.3 Å². The van der Waals surface area contributed by atoms with E-state index in [-0.39, 0.29) is 0 Å². The van der Waals surface area contributed by atoms with Gasteiger partial charge in [0.25, 0.3) is 0 Å². The van der Waals surface area contributed by atoms with Gasteiger partial charge in [-0.05, 0) is 47.8 Å². The van der Waals surface area contributed by atoms with Gasteiger partial charge in [0, 0.05) is 15.9 Å². The van der Waals surface area contributed by atoms with Gasteiger partial charge < -0.3 is 9.84 Å². The number of nitrogens with zero attached hydrogens (tertiary/aromatic N) is 2. The van der Waals surface area contributed by atoms with Crippen molar-refractivity contribution in [3.05, 3.63) is 21.8 Å². The van der Waals surface area contributed by atoms with Crippen molar-refractivity contribution >= 4 is 27.3 Å². The Morgan fingerprint density at radius 3 is 3.05 bits per heavy atom. The third-order valence-electron chi connectivity index (χ3n) is 3.97. The molecular formula is C15H20BrN3OS. The summed E-state index contributed by atoms with van der Waals surface area (Å²) in [6.45, 7) is 3.25. The summed E-state index contributed by atoms with van der Waals surface area (Å²) in [5.74, 6) is 1.86. The maximum atomic E-state index is 5.57. The molecule has 2 aromatic rings. The fraction of sp³-hybridized carbons (Fsp3) is 0.600. The zero-order valence-corrected chi connectivity index (χ0v) is 14.5. The molecule has 21 heavy (non-hydrogen) atoms. The van der Waals surface area contributed by atoms with Crippen LogP contribution >= 0.6 is 27.3 Å². The van der Waals surface area contributed by atoms with E-state index < -0.39 is 0 Å². The minimum Gasteiger partial charge on any atom is -0.339 e. The van der Waals surface area contributed by atoms with Crippen molar-refractivity contribution in [3.63, 3.8) is 0 Å². The lowest BCUT2D eigenvalue weighted by Crippen LogP contribution is -2.37. The smallest absolute Gasteiger partial charge is 0.231 e. The van der Waals surface area contributed by atoms with Crippen LogP contribution in [0.3, 0.4) is 0 Å². The van der Waals surface area contributed by atoms with E-state index >= 15 is 0 Å². The molecule has 1 saturated carbocycles. The van der Waals surface area contributed by atoms with E-state index in [1.807, 2.05) is 11.4 Å². The van der Waals surface area contributed by atoms with Crippen LogP contribution in [-0.4, -0.2) is 22.7 Å². The zero-order valence-electron chi connectivity index (χ0n) is 12.1. The Hall–Kier alpha value is -0.720. The molecular weight excluding hydrogens is 350 g/mol. The normalized spacial score (nSPS) is 22.6. The van der Waals surface area contributed by atoms with Crippen molar-refractivity contribution in [2.75, 3.05) is 6.54 Å². The summed E-state index contributed by atoms with van der Waals surface area (Å²) in [4.78, 5) is 5.69. The van der Waals surface area contributed by atoms with Crippen LogP contribution in [0.25, 0.3) is 10.7 Å². The van der Waals surface area contributed by atoms with Gasteiger partial charge in [0.2, 0.25) is 11.7 Å². The average molecular weight is 370 g/mol. The van der Waals surface area contributed by atoms with Crippen LogP contribution < -0.4 is 5.32 Å². The Morgan fingerprint density at radius 2 is 2.29 bits per heavy atom. The van der Waals surface area contributed by atoms with Crippen molar-refractivity contribution in [1.82, 2.24) is 15.5 Å². The third-order valence-corrected chi connectivity index (χ3v) is 5.66. The first-order valence-corrected chi connectivity index (χ1v) is 9.26. The average Bonchev–Trinajstić information content (AvgIpc) is 3.14. The van der Waals surface area contributed by atoms with E-state index in [2.05, 4.69) is 38.3 Å². The van der Waals surface area contributed by atoms with Gasteiger partial charge in [0.1, 0.15) is 0 Å². The van der Waals surface area contributed by atoms with Gasteiger partial charge in [-0.2, -0.15) is 4.98 Å². The van der Waals surface area contributed by atoms with Crippen molar-refractivity contribution in [2.24, 2.45) is 0 Å². The van der Waals surface area contributed by atoms with Crippen molar-refractivity contribution in [2.45, 2.75) is 51.0 Å². The van der Waals surface area contributed by atoms with Crippen LogP contribution in [0.15, 0.2) is 20.4 Å². The first kappa shape index (κ1) is 15.2. The summed E-state index contributed by atoms with van der Waals surface area (Å²) in [5.41, 5.74) is 0. The maximum absolute atomic E-state index is 5.57. The minimum absolute atomic E-state index is 0.356. The van der Waals surface area contributed by atoms with E-state index in [9.17, 15) is 0 Å². The van der Waals surface area contributed by atoms with Crippen LogP contribution in [0.1, 0.15) is 50.8 Å². The molecule has 3 rings (SSSR count). The second-order valence-electron chi connectivity index (χ2n) is 5.54. The number of hydrogen-bond donors (Lipinski definition) is 1. The summed E-state index contributed by atoms with van der Waals surface area (Å²) in [6.07, 6.45) is 6.03. The number of hydrogen-bond acceptors (Lipinski definition) is 5. The third kappa shape index (κ3) is 3.55. The maximum Gasteiger partial charge on any atom is 0.231 e. The van der Waals surface area contributed by atoms with Gasteiger partial charge in [0.05, 0.1) is 10.8 Å². The summed E-state index contributed by atoms with van der Waals surface area (Å²) < 4.78 is 6.63. The fourth-order valence-corrected chi connectivity index (χ4v) is 4.27. The molecule has 114 valence electrons. The highest BCUT2D eigenvalue weighted by Crippen LogP contribution is 2.34. The monoisotopic (exact) mass is 369 g/mol. The molecule has 0 aliphatic heterocycles. The summed E-state index contributed by atoms with van der Waals surface area (Å²) in [7, 11) is 0. The van der Waals surface area contributed by atoms with Crippen LogP contribution in [0, 0.1) is 0 Å². The van der Waals surface area contributed by atoms with E-state index in [1.165, 1.54) is 19.3 Å². The number of aromatic nitrogens is 2. The Kier molecular flexibility index (Phi) is 5.08. The number of thiophene rings is 1. The standard InChI is InChI=1S/C15H20BrN3OS/c1-2-7-17-12-6-4-3-5-11(12)15-18-14(19-20-15)13-8-10(16)9-21-13/h8-9,11-12,17H,2-7H2,1H3. The molecule has 0 bridgehead atoms. The van der Waals surface area contributed by atoms with Crippen LogP contribution in [-0.2, 0) is 0 Å². The topological polar surface area (TPSA) is 51.0 Å². The molecule has 1 N–H and O–H groups in total. The molecule has 0 amide bonds. The molecule has 0 saturated heterocycles. The Bertz CT molecular complexity index is 583. The first-order chi connectivity index (χ1) is 10.3. The fourth-order valence-electron chi connectivity index (χ4n) is 2.92. The second kappa shape index (κ2) is 7.03. The predicted molar refractivity (Wildman–Crippen MR) is 88.6 cm³/mol. The Morgan fingerprint density at radius 1 is 1.43 bits per heavy atom. The molecule has 1 aliphatic rings. The Labute approximate surface area is 137 Å². The van der Waals surface area contributed by atoms with Crippen molar-refractivity contribution in [3.8, 4) is 10.7 Å². The minimum atomic E-state index is 0.356. The first-order valence-electron chi connectivity index (χ1n) is 7.59. The molecule has 1 aliphatic carbocycles. The molecule has 2 aromatic heterocycles. The zero-order chi connectivity index (χ0) is 14.7. The number of halogens is 1. The summed E-state index contributed by atoms with van der Waals surface area (Å²) in [6, 6.07) is 2.51. The number of nitrogens with one attached hydrogen (secondary N) is 1. The molecule has 4 nitrogen and oxygen atoms in total. The second-order valence-corrected chi connectivity index (χ2v) is 7.36. The van der Waals surface area contributed by atoms with E-state index in [0.717, 1.165) is 34.6 Å². The van der Waals surface area contributed by atoms with Gasteiger partial charge in [-0.1, -0.05) is 24.9 Å². The van der Waals surface area contributed by atoms with Gasteiger partial charge in [-0.25, -0.2) is 0 Å². The van der Waals surface area contributed by atoms with E-state index in [1.54, 1.807) is 11.3 Å². The molecule has 6 heteroatoms. The predicted octanol–water partition coefficient (Wildman–Crippen LogP) is 4.59. The number of rotatable bonds is 5. The van der Waals surface area contributed by atoms with Gasteiger partial charge in [-0.3, -0.25) is 0 Å². The van der Waals surface area contributed by atoms with Crippen LogP contribution in [0.4, 0.5) is 0 Å². The van der Waals surface area contributed by atoms with Gasteiger partial charge >= 0.3 is 0 Å². The van der Waals surface area contributed by atoms with Crippen LogP contribution in [0.2, 0.25) is 0 Å². The molecule has 0 radical (unpaired) electrons. The summed E-state index contributed by atoms with van der Waals surface area (Å²) in [5, 5.41) is 9.84. The quantitative estimate of drug-likeness (QED) is 0.837. The lowest BCUT2D eigenvalue weighted by atomic mass is 9.84. The largest absolute Gasteiger partial charge is 0.339 e. The molecule has 0 aromatic carbocycles. The Balaban J connectivity index is 1.77. The molecule has 2 unspecified atom stereocenters. The molecule has 0 spiro atoms. The van der Waals surface area contributed by atoms with Crippen LogP contribution in [0.5, 0.6) is 0 Å². The highest BCUT2D eigenvalue weighted by Gasteiger charge is 2.30. The molecule has 2 atom stereocenters. The lowest BCUT2D eigenvalue weighted by Gasteiger charge is -2.29. The molecule has 1 fully saturated rings. The van der Waals surface area contributed by atoms with E-state index in [4.69, 9.17) is 4.52 Å². The van der Waals surface area contributed by atoms with Crippen molar-refractivity contribution in [1.29, 1.82) is 0 Å². The summed E-state index contributed by atoms with van der Waals surface area (Å²) >= 11 is 5.09. The van der Waals surface area contributed by atoms with Crippen molar-refractivity contribution < 1.29 is 4.52 Å². The molecule has 2 heterocycles. The highest BCUT2D eigenvalue weighted by molar-refractivity contribution is 9.10.